The van der Waals surface area contributed by atoms with E-state index in [-0.39, 0.29) is 5.82 Å². The quantitative estimate of drug-likeness (QED) is 0.820. The van der Waals surface area contributed by atoms with Gasteiger partial charge >= 0.3 is 0 Å². The molecule has 2 aromatic carbocycles. The number of hydrogen-bond donors (Lipinski definition) is 0. The van der Waals surface area contributed by atoms with Crippen molar-refractivity contribution in [3.63, 3.8) is 0 Å². The van der Waals surface area contributed by atoms with Crippen LogP contribution in [0.2, 0.25) is 0 Å². The van der Waals surface area contributed by atoms with E-state index in [1.165, 1.54) is 12.1 Å². The molecule has 0 heterocycles. The first-order chi connectivity index (χ1) is 7.75. The van der Waals surface area contributed by atoms with Gasteiger partial charge in [0.2, 0.25) is 0 Å². The fourth-order valence-corrected chi connectivity index (χ4v) is 1.69. The molecule has 3 heteroatoms. The fourth-order valence-electron chi connectivity index (χ4n) is 1.33. The van der Waals surface area contributed by atoms with E-state index < -0.39 is 0 Å². The van der Waals surface area contributed by atoms with E-state index in [0.717, 1.165) is 15.8 Å². The Balaban J connectivity index is 2.08. The molecule has 0 aliphatic rings. The van der Waals surface area contributed by atoms with Crippen LogP contribution in [0, 0.1) is 5.82 Å². The SMILES string of the molecule is Fc1ccc(Br)c(COc2ccccc2)c1. The molecule has 0 N–H and O–H groups in total. The topological polar surface area (TPSA) is 9.23 Å². The number of halogens is 2. The fraction of sp³-hybridized carbons (Fsp3) is 0.0769. The summed E-state index contributed by atoms with van der Waals surface area (Å²) in [5.41, 5.74) is 0.795. The highest BCUT2D eigenvalue weighted by Gasteiger charge is 2.02. The molecule has 0 unspecified atom stereocenters. The van der Waals surface area contributed by atoms with Gasteiger partial charge in [-0.15, -0.1) is 0 Å². The minimum atomic E-state index is -0.255. The highest BCUT2D eigenvalue weighted by Crippen LogP contribution is 2.20. The van der Waals surface area contributed by atoms with Crippen LogP contribution in [0.5, 0.6) is 5.75 Å². The molecule has 1 nitrogen and oxygen atoms in total. The molecule has 0 bridgehead atoms. The Bertz CT molecular complexity index is 471. The molecule has 2 aromatic rings. The Labute approximate surface area is 102 Å². The molecule has 0 radical (unpaired) electrons. The second-order valence-electron chi connectivity index (χ2n) is 3.34. The molecule has 2 rings (SSSR count). The molecule has 0 spiro atoms. The zero-order chi connectivity index (χ0) is 11.4. The molecule has 0 aliphatic carbocycles. The molecule has 16 heavy (non-hydrogen) atoms. The van der Waals surface area contributed by atoms with E-state index in [0.29, 0.717) is 6.61 Å². The first-order valence-corrected chi connectivity index (χ1v) is 5.67. The zero-order valence-corrected chi connectivity index (χ0v) is 10.1. The summed E-state index contributed by atoms with van der Waals surface area (Å²) < 4.78 is 19.4. The number of benzene rings is 2. The van der Waals surface area contributed by atoms with Crippen LogP contribution in [-0.2, 0) is 6.61 Å². The summed E-state index contributed by atoms with van der Waals surface area (Å²) in [7, 11) is 0. The predicted octanol–water partition coefficient (Wildman–Crippen LogP) is 4.17. The summed E-state index contributed by atoms with van der Waals surface area (Å²) >= 11 is 3.36. The third-order valence-corrected chi connectivity index (χ3v) is 2.92. The van der Waals surface area contributed by atoms with Crippen molar-refractivity contribution in [1.82, 2.24) is 0 Å². The number of ether oxygens (including phenoxy) is 1. The second kappa shape index (κ2) is 5.12. The lowest BCUT2D eigenvalue weighted by Gasteiger charge is -2.07. The Morgan fingerprint density at radius 3 is 2.56 bits per heavy atom. The van der Waals surface area contributed by atoms with E-state index in [1.54, 1.807) is 6.07 Å². The lowest BCUT2D eigenvalue weighted by atomic mass is 10.2. The Morgan fingerprint density at radius 1 is 1.06 bits per heavy atom. The maximum atomic E-state index is 13.0. The maximum Gasteiger partial charge on any atom is 0.123 e. The van der Waals surface area contributed by atoms with Crippen molar-refractivity contribution >= 4 is 15.9 Å². The predicted molar refractivity (Wildman–Crippen MR) is 64.9 cm³/mol. The van der Waals surface area contributed by atoms with Gasteiger partial charge in [-0.2, -0.15) is 0 Å². The maximum absolute atomic E-state index is 13.0. The van der Waals surface area contributed by atoms with Crippen LogP contribution in [0.1, 0.15) is 5.56 Å². The van der Waals surface area contributed by atoms with Gasteiger partial charge in [-0.1, -0.05) is 34.1 Å². The van der Waals surface area contributed by atoms with Crippen molar-refractivity contribution in [2.24, 2.45) is 0 Å². The van der Waals surface area contributed by atoms with Crippen molar-refractivity contribution in [2.45, 2.75) is 6.61 Å². The average molecular weight is 281 g/mol. The standard InChI is InChI=1S/C13H10BrFO/c14-13-7-6-11(15)8-10(13)9-16-12-4-2-1-3-5-12/h1-8H,9H2. The summed E-state index contributed by atoms with van der Waals surface area (Å²) in [5, 5.41) is 0. The van der Waals surface area contributed by atoms with E-state index in [9.17, 15) is 4.39 Å². The third kappa shape index (κ3) is 2.83. The third-order valence-electron chi connectivity index (χ3n) is 2.15. The number of rotatable bonds is 3. The van der Waals surface area contributed by atoms with Crippen LogP contribution in [0.4, 0.5) is 4.39 Å². The lowest BCUT2D eigenvalue weighted by Crippen LogP contribution is -1.96. The molecular weight excluding hydrogens is 271 g/mol. The first-order valence-electron chi connectivity index (χ1n) is 4.87. The average Bonchev–Trinajstić information content (AvgIpc) is 2.32. The van der Waals surface area contributed by atoms with Crippen LogP contribution in [0.15, 0.2) is 53.0 Å². The molecule has 0 aliphatic heterocycles. The molecular formula is C13H10BrFO. The van der Waals surface area contributed by atoms with Crippen LogP contribution >= 0.6 is 15.9 Å². The number of hydrogen-bond acceptors (Lipinski definition) is 1. The van der Waals surface area contributed by atoms with Gasteiger partial charge < -0.3 is 4.74 Å². The summed E-state index contributed by atoms with van der Waals surface area (Å²) in [6.45, 7) is 0.350. The molecule has 82 valence electrons. The van der Waals surface area contributed by atoms with E-state index in [4.69, 9.17) is 4.74 Å². The van der Waals surface area contributed by atoms with Crippen LogP contribution in [0.3, 0.4) is 0 Å². The van der Waals surface area contributed by atoms with Gasteiger partial charge in [-0.3, -0.25) is 0 Å². The molecule has 0 fully saturated rings. The van der Waals surface area contributed by atoms with E-state index >= 15 is 0 Å². The first kappa shape index (κ1) is 11.1. The second-order valence-corrected chi connectivity index (χ2v) is 4.19. The van der Waals surface area contributed by atoms with Crippen molar-refractivity contribution < 1.29 is 9.13 Å². The summed E-state index contributed by atoms with van der Waals surface area (Å²) in [4.78, 5) is 0. The summed E-state index contributed by atoms with van der Waals surface area (Å²) in [5.74, 6) is 0.522. The largest absolute Gasteiger partial charge is 0.489 e. The summed E-state index contributed by atoms with van der Waals surface area (Å²) in [6.07, 6.45) is 0. The van der Waals surface area contributed by atoms with Crippen LogP contribution in [-0.4, -0.2) is 0 Å². The van der Waals surface area contributed by atoms with Crippen LogP contribution in [0.25, 0.3) is 0 Å². The van der Waals surface area contributed by atoms with E-state index in [1.807, 2.05) is 30.3 Å². The Morgan fingerprint density at radius 2 is 1.81 bits per heavy atom. The van der Waals surface area contributed by atoms with Gasteiger partial charge in [0.15, 0.2) is 0 Å². The summed E-state index contributed by atoms with van der Waals surface area (Å²) in [6, 6.07) is 14.0. The van der Waals surface area contributed by atoms with Gasteiger partial charge in [-0.05, 0) is 30.3 Å². The van der Waals surface area contributed by atoms with Gasteiger partial charge in [-0.25, -0.2) is 4.39 Å². The lowest BCUT2D eigenvalue weighted by molar-refractivity contribution is 0.305. The van der Waals surface area contributed by atoms with Crippen LogP contribution < -0.4 is 4.74 Å². The van der Waals surface area contributed by atoms with Crippen molar-refractivity contribution in [1.29, 1.82) is 0 Å². The Hall–Kier alpha value is -1.35. The van der Waals surface area contributed by atoms with Gasteiger partial charge in [0, 0.05) is 10.0 Å². The van der Waals surface area contributed by atoms with Gasteiger partial charge in [0.05, 0.1) is 0 Å². The molecule has 0 saturated carbocycles. The number of para-hydroxylation sites is 1. The highest BCUT2D eigenvalue weighted by atomic mass is 79.9. The monoisotopic (exact) mass is 280 g/mol. The minimum Gasteiger partial charge on any atom is -0.489 e. The highest BCUT2D eigenvalue weighted by molar-refractivity contribution is 9.10. The Kier molecular flexibility index (Phi) is 3.57. The zero-order valence-electron chi connectivity index (χ0n) is 8.49. The van der Waals surface area contributed by atoms with Crippen molar-refractivity contribution in [2.75, 3.05) is 0 Å². The van der Waals surface area contributed by atoms with Gasteiger partial charge in [0.1, 0.15) is 18.2 Å². The van der Waals surface area contributed by atoms with E-state index in [2.05, 4.69) is 15.9 Å². The smallest absolute Gasteiger partial charge is 0.123 e. The molecule has 0 saturated heterocycles. The molecule has 0 atom stereocenters. The molecule has 0 amide bonds. The van der Waals surface area contributed by atoms with Crippen molar-refractivity contribution in [3.05, 3.63) is 64.4 Å². The van der Waals surface area contributed by atoms with Crippen molar-refractivity contribution in [3.8, 4) is 5.75 Å². The molecule has 0 aromatic heterocycles. The normalized spacial score (nSPS) is 10.1. The van der Waals surface area contributed by atoms with Gasteiger partial charge in [0.25, 0.3) is 0 Å². The minimum absolute atomic E-state index is 0.255.